The predicted octanol–water partition coefficient (Wildman–Crippen LogP) is 6.24. The monoisotopic (exact) mass is 695 g/mol. The third kappa shape index (κ3) is 6.43. The molecule has 50 heavy (non-hydrogen) atoms. The number of aromatic nitrogens is 4. The van der Waals surface area contributed by atoms with E-state index in [2.05, 4.69) is 20.8 Å². The summed E-state index contributed by atoms with van der Waals surface area (Å²) in [4.78, 5) is 51.9. The minimum Gasteiger partial charge on any atom is -0.478 e. The predicted molar refractivity (Wildman–Crippen MR) is 181 cm³/mol. The number of anilines is 1. The third-order valence-electron chi connectivity index (χ3n) is 8.36. The van der Waals surface area contributed by atoms with Gasteiger partial charge in [-0.3, -0.25) is 19.7 Å². The summed E-state index contributed by atoms with van der Waals surface area (Å²) in [7, 11) is 0. The van der Waals surface area contributed by atoms with Gasteiger partial charge in [0.1, 0.15) is 12.4 Å². The average molecular weight is 696 g/mol. The van der Waals surface area contributed by atoms with Crippen molar-refractivity contribution in [2.75, 3.05) is 11.9 Å². The Morgan fingerprint density at radius 1 is 1.06 bits per heavy atom. The quantitative estimate of drug-likeness (QED) is 0.108. The number of carboxylic acids is 1. The van der Waals surface area contributed by atoms with Gasteiger partial charge in [0.25, 0.3) is 11.6 Å². The lowest BCUT2D eigenvalue weighted by molar-refractivity contribution is -0.384. The number of carboxylic acid groups (broad SMARTS) is 1. The highest BCUT2D eigenvalue weighted by Gasteiger charge is 2.44. The van der Waals surface area contributed by atoms with Gasteiger partial charge in [-0.05, 0) is 87.3 Å². The molecular weight excluding hydrogens is 669 g/mol. The summed E-state index contributed by atoms with van der Waals surface area (Å²) in [5.74, 6) is -3.14. The Morgan fingerprint density at radius 2 is 1.78 bits per heavy atom. The Morgan fingerprint density at radius 3 is 2.42 bits per heavy atom. The standard InChI is InChI=1S/C35H27ClFN7O6/c1-35(2)18-42(29(45)17-14-25-28(43-19-38-40-41-43)16-15-27(36)31(25)37)32(33(46)39-22-10-6-21(7-11-22)34(47)48)26-5-3-4-24(30(26)35)20-8-12-23(13-9-20)44(49)50/h3-17,19,32H,18H2,1-2H3,(H,39,46)(H,47,48)/b17-14+. The van der Waals surface area contributed by atoms with Crippen LogP contribution in [0, 0.1) is 15.9 Å². The Balaban J connectivity index is 1.44. The summed E-state index contributed by atoms with van der Waals surface area (Å²) in [6, 6.07) is 18.6. The minimum atomic E-state index is -1.20. The zero-order valence-electron chi connectivity index (χ0n) is 26.4. The number of non-ortho nitro benzene ring substituents is 1. The number of fused-ring (bicyclic) bond motifs is 1. The van der Waals surface area contributed by atoms with E-state index in [0.29, 0.717) is 16.8 Å². The molecule has 0 fully saturated rings. The van der Waals surface area contributed by atoms with Gasteiger partial charge in [0.15, 0.2) is 5.82 Å². The van der Waals surface area contributed by atoms with Crippen molar-refractivity contribution >= 4 is 46.8 Å². The number of tetrazole rings is 1. The number of nitrogens with one attached hydrogen (secondary N) is 1. The molecule has 5 aromatic rings. The van der Waals surface area contributed by atoms with Gasteiger partial charge in [-0.1, -0.05) is 43.6 Å². The van der Waals surface area contributed by atoms with E-state index in [1.165, 1.54) is 70.5 Å². The number of aromatic carboxylic acids is 1. The van der Waals surface area contributed by atoms with Crippen molar-refractivity contribution in [2.45, 2.75) is 25.3 Å². The third-order valence-corrected chi connectivity index (χ3v) is 8.66. The van der Waals surface area contributed by atoms with Crippen molar-refractivity contribution in [1.82, 2.24) is 25.1 Å². The molecule has 2 amide bonds. The molecule has 4 aromatic carbocycles. The molecule has 0 saturated heterocycles. The lowest BCUT2D eigenvalue weighted by Crippen LogP contribution is -2.51. The largest absolute Gasteiger partial charge is 0.478 e. The maximum Gasteiger partial charge on any atom is 0.335 e. The number of rotatable bonds is 8. The number of carbonyl (C=O) groups is 3. The fourth-order valence-electron chi connectivity index (χ4n) is 6.15. The van der Waals surface area contributed by atoms with Gasteiger partial charge >= 0.3 is 5.97 Å². The maximum absolute atomic E-state index is 15.3. The number of nitrogens with zero attached hydrogens (tertiary/aromatic N) is 6. The Hall–Kier alpha value is -6.28. The average Bonchev–Trinajstić information content (AvgIpc) is 3.63. The van der Waals surface area contributed by atoms with E-state index in [4.69, 9.17) is 11.6 Å². The molecular formula is C35H27ClFN7O6. The molecule has 0 bridgehead atoms. The van der Waals surface area contributed by atoms with Crippen LogP contribution in [0.25, 0.3) is 22.9 Å². The Kier molecular flexibility index (Phi) is 8.95. The second kappa shape index (κ2) is 13.3. The molecule has 252 valence electrons. The van der Waals surface area contributed by atoms with Crippen molar-refractivity contribution in [3.05, 3.63) is 134 Å². The molecule has 1 aromatic heterocycles. The van der Waals surface area contributed by atoms with Crippen molar-refractivity contribution in [3.63, 3.8) is 0 Å². The molecule has 0 radical (unpaired) electrons. The van der Waals surface area contributed by atoms with Gasteiger partial charge in [0.2, 0.25) is 5.91 Å². The van der Waals surface area contributed by atoms with Crippen LogP contribution in [0.5, 0.6) is 0 Å². The molecule has 1 aliphatic heterocycles. The molecule has 0 spiro atoms. The van der Waals surface area contributed by atoms with Gasteiger partial charge in [0, 0.05) is 41.4 Å². The van der Waals surface area contributed by atoms with Crippen molar-refractivity contribution in [2.24, 2.45) is 0 Å². The Labute approximate surface area is 288 Å². The van der Waals surface area contributed by atoms with Crippen molar-refractivity contribution in [3.8, 4) is 16.8 Å². The number of amides is 2. The number of benzene rings is 4. The van der Waals surface area contributed by atoms with Gasteiger partial charge in [-0.2, -0.15) is 4.68 Å². The molecule has 1 unspecified atom stereocenters. The highest BCUT2D eigenvalue weighted by Crippen LogP contribution is 2.45. The van der Waals surface area contributed by atoms with E-state index in [1.54, 1.807) is 24.3 Å². The summed E-state index contributed by atoms with van der Waals surface area (Å²) in [5, 5.41) is 34.2. The molecule has 2 N–H and O–H groups in total. The van der Waals surface area contributed by atoms with Crippen LogP contribution < -0.4 is 5.32 Å². The fraction of sp³-hybridized carbons (Fsp3) is 0.143. The van der Waals surface area contributed by atoms with Crippen LogP contribution in [0.4, 0.5) is 15.8 Å². The van der Waals surface area contributed by atoms with Crippen molar-refractivity contribution in [1.29, 1.82) is 0 Å². The van der Waals surface area contributed by atoms with E-state index in [-0.39, 0.29) is 34.1 Å². The molecule has 1 atom stereocenters. The smallest absolute Gasteiger partial charge is 0.335 e. The van der Waals surface area contributed by atoms with E-state index in [0.717, 1.165) is 17.2 Å². The number of hydrogen-bond donors (Lipinski definition) is 2. The molecule has 6 rings (SSSR count). The van der Waals surface area contributed by atoms with E-state index >= 15 is 4.39 Å². The van der Waals surface area contributed by atoms with Gasteiger partial charge in [0.05, 0.1) is 21.2 Å². The van der Waals surface area contributed by atoms with Gasteiger partial charge < -0.3 is 15.3 Å². The van der Waals surface area contributed by atoms with Crippen LogP contribution in [0.1, 0.15) is 46.9 Å². The lowest BCUT2D eigenvalue weighted by atomic mass is 9.72. The number of nitro benzene ring substituents is 1. The van der Waals surface area contributed by atoms with Crippen molar-refractivity contribution < 1.29 is 28.8 Å². The Bertz CT molecular complexity index is 2170. The number of hydrogen-bond acceptors (Lipinski definition) is 8. The van der Waals surface area contributed by atoms with Crippen LogP contribution in [-0.2, 0) is 15.0 Å². The zero-order valence-corrected chi connectivity index (χ0v) is 27.2. The summed E-state index contributed by atoms with van der Waals surface area (Å²) in [5.41, 5.74) is 2.31. The first-order valence-corrected chi connectivity index (χ1v) is 15.5. The molecule has 2 heterocycles. The maximum atomic E-state index is 15.3. The molecule has 15 heteroatoms. The van der Waals surface area contributed by atoms with E-state index in [9.17, 15) is 29.6 Å². The highest BCUT2D eigenvalue weighted by molar-refractivity contribution is 6.31. The second-order valence-electron chi connectivity index (χ2n) is 12.1. The molecule has 0 aliphatic carbocycles. The van der Waals surface area contributed by atoms with Crippen LogP contribution in [-0.4, -0.2) is 59.5 Å². The topological polar surface area (TPSA) is 173 Å². The number of halogens is 2. The minimum absolute atomic E-state index is 0.0248. The fourth-order valence-corrected chi connectivity index (χ4v) is 6.32. The molecule has 1 aliphatic rings. The van der Waals surface area contributed by atoms with Gasteiger partial charge in [-0.25, -0.2) is 9.18 Å². The zero-order chi connectivity index (χ0) is 35.7. The molecule has 13 nitrogen and oxygen atoms in total. The summed E-state index contributed by atoms with van der Waals surface area (Å²) in [6.07, 6.45) is 3.65. The van der Waals surface area contributed by atoms with Crippen LogP contribution in [0.15, 0.2) is 91.3 Å². The van der Waals surface area contributed by atoms with Crippen LogP contribution in [0.2, 0.25) is 5.02 Å². The summed E-state index contributed by atoms with van der Waals surface area (Å²) in [6.45, 7) is 3.87. The summed E-state index contributed by atoms with van der Waals surface area (Å²) >= 11 is 6.08. The van der Waals surface area contributed by atoms with Crippen LogP contribution in [0.3, 0.4) is 0 Å². The SMILES string of the molecule is CC1(C)CN(C(=O)/C=C/c2c(-n3cnnn3)ccc(Cl)c2F)C(C(=O)Nc2ccc(C(=O)O)cc2)c2cccc(-c3ccc([N+](=O)[O-])cc3)c21. The lowest BCUT2D eigenvalue weighted by Gasteiger charge is -2.45. The number of carbonyl (C=O) groups excluding carboxylic acids is 2. The van der Waals surface area contributed by atoms with E-state index < -0.39 is 40.0 Å². The first-order chi connectivity index (χ1) is 23.9. The normalized spacial score (nSPS) is 15.0. The van der Waals surface area contributed by atoms with Gasteiger partial charge in [-0.15, -0.1) is 5.10 Å². The first kappa shape index (κ1) is 33.6. The number of nitro groups is 1. The first-order valence-electron chi connectivity index (χ1n) is 15.1. The van der Waals surface area contributed by atoms with Crippen LogP contribution >= 0.6 is 11.6 Å². The molecule has 0 saturated carbocycles. The van der Waals surface area contributed by atoms with E-state index in [1.807, 2.05) is 19.9 Å². The highest BCUT2D eigenvalue weighted by atomic mass is 35.5. The second-order valence-corrected chi connectivity index (χ2v) is 12.5. The summed E-state index contributed by atoms with van der Waals surface area (Å²) < 4.78 is 16.6.